The number of carbonyl (C=O) groups excluding carboxylic acids is 2. The average Bonchev–Trinajstić information content (AvgIpc) is 3.34. The quantitative estimate of drug-likeness (QED) is 0.671. The summed E-state index contributed by atoms with van der Waals surface area (Å²) >= 11 is 0. The predicted molar refractivity (Wildman–Crippen MR) is 106 cm³/mol. The molecule has 10 heteroatoms. The molecule has 0 bridgehead atoms. The van der Waals surface area contributed by atoms with Crippen molar-refractivity contribution in [2.75, 3.05) is 11.9 Å². The molecular weight excluding hydrogens is 410 g/mol. The fourth-order valence-corrected chi connectivity index (χ4v) is 4.07. The topological polar surface area (TPSA) is 108 Å². The number of aromatic amines is 1. The first-order valence-corrected chi connectivity index (χ1v) is 10.2. The number of rotatable bonds is 5. The molecule has 0 unspecified atom stereocenters. The molecule has 0 radical (unpaired) electrons. The van der Waals surface area contributed by atoms with Gasteiger partial charge in [-0.2, -0.15) is 5.10 Å². The third-order valence-corrected chi connectivity index (χ3v) is 5.91. The summed E-state index contributed by atoms with van der Waals surface area (Å²) in [5, 5.41) is 19.1. The van der Waals surface area contributed by atoms with Gasteiger partial charge in [0, 0.05) is 23.7 Å². The van der Waals surface area contributed by atoms with Crippen molar-refractivity contribution in [2.45, 2.75) is 56.8 Å². The molecule has 1 aliphatic heterocycles. The number of benzene rings is 1. The maximum Gasteiger partial charge on any atom is 0.410 e. The van der Waals surface area contributed by atoms with Gasteiger partial charge in [-0.05, 0) is 43.9 Å². The van der Waals surface area contributed by atoms with E-state index in [-0.39, 0.29) is 30.0 Å². The number of nitrogens with one attached hydrogen (secondary N) is 2. The Kier molecular flexibility index (Phi) is 5.90. The van der Waals surface area contributed by atoms with E-state index in [1.165, 1.54) is 4.90 Å². The molecule has 0 spiro atoms. The van der Waals surface area contributed by atoms with Crippen molar-refractivity contribution >= 4 is 17.8 Å². The molecule has 4 rings (SSSR count). The summed E-state index contributed by atoms with van der Waals surface area (Å²) in [5.41, 5.74) is 1.05. The SMILES string of the molecule is C[C@H]1[C@H](O)CN1C(=O)O[C@@H]1CC[C@H](c2cc(NC(=O)Cc3cc(F)cc(F)c3)n[nH]2)C1. The van der Waals surface area contributed by atoms with Gasteiger partial charge >= 0.3 is 6.09 Å². The molecule has 2 aliphatic rings. The number of aliphatic hydroxyl groups is 1. The molecule has 8 nitrogen and oxygen atoms in total. The summed E-state index contributed by atoms with van der Waals surface area (Å²) in [6.45, 7) is 2.07. The van der Waals surface area contributed by atoms with Crippen LogP contribution >= 0.6 is 0 Å². The molecule has 2 aromatic rings. The first-order valence-electron chi connectivity index (χ1n) is 10.2. The lowest BCUT2D eigenvalue weighted by molar-refractivity contribution is -0.115. The Morgan fingerprint density at radius 2 is 2.00 bits per heavy atom. The van der Waals surface area contributed by atoms with Crippen LogP contribution in [-0.4, -0.2) is 57.0 Å². The number of carbonyl (C=O) groups is 2. The molecule has 4 atom stereocenters. The number of hydrogen-bond acceptors (Lipinski definition) is 5. The zero-order chi connectivity index (χ0) is 22.1. The first kappa shape index (κ1) is 21.2. The van der Waals surface area contributed by atoms with Crippen molar-refractivity contribution in [2.24, 2.45) is 0 Å². The fourth-order valence-electron chi connectivity index (χ4n) is 4.07. The highest BCUT2D eigenvalue weighted by Crippen LogP contribution is 2.36. The molecule has 1 aliphatic carbocycles. The van der Waals surface area contributed by atoms with E-state index in [4.69, 9.17) is 4.74 Å². The number of aromatic nitrogens is 2. The van der Waals surface area contributed by atoms with Crippen molar-refractivity contribution in [3.8, 4) is 0 Å². The molecule has 1 aromatic carbocycles. The lowest BCUT2D eigenvalue weighted by atomic mass is 10.0. The summed E-state index contributed by atoms with van der Waals surface area (Å²) in [6, 6.07) is 4.46. The molecule has 166 valence electrons. The first-order chi connectivity index (χ1) is 14.8. The van der Waals surface area contributed by atoms with Crippen LogP contribution in [0.4, 0.5) is 19.4 Å². The second-order valence-corrected chi connectivity index (χ2v) is 8.19. The summed E-state index contributed by atoms with van der Waals surface area (Å²) < 4.78 is 32.1. The molecule has 1 saturated heterocycles. The van der Waals surface area contributed by atoms with E-state index in [0.717, 1.165) is 30.3 Å². The van der Waals surface area contributed by atoms with Gasteiger partial charge in [-0.15, -0.1) is 0 Å². The number of amides is 2. The van der Waals surface area contributed by atoms with Gasteiger partial charge < -0.3 is 20.1 Å². The van der Waals surface area contributed by atoms with Crippen molar-refractivity contribution in [1.82, 2.24) is 15.1 Å². The van der Waals surface area contributed by atoms with Crippen molar-refractivity contribution in [3.63, 3.8) is 0 Å². The van der Waals surface area contributed by atoms with Crippen molar-refractivity contribution in [1.29, 1.82) is 0 Å². The van der Waals surface area contributed by atoms with E-state index in [0.29, 0.717) is 25.2 Å². The predicted octanol–water partition coefficient (Wildman–Crippen LogP) is 2.71. The molecule has 3 N–H and O–H groups in total. The number of halogens is 2. The fraction of sp³-hybridized carbons (Fsp3) is 0.476. The van der Waals surface area contributed by atoms with Gasteiger partial charge in [0.1, 0.15) is 17.7 Å². The van der Waals surface area contributed by atoms with Gasteiger partial charge in [0.25, 0.3) is 0 Å². The van der Waals surface area contributed by atoms with Crippen LogP contribution in [0.2, 0.25) is 0 Å². The summed E-state index contributed by atoms with van der Waals surface area (Å²) in [4.78, 5) is 25.8. The largest absolute Gasteiger partial charge is 0.446 e. The molecule has 1 saturated carbocycles. The number of anilines is 1. The Labute approximate surface area is 177 Å². The van der Waals surface area contributed by atoms with Crippen LogP contribution < -0.4 is 5.32 Å². The third-order valence-electron chi connectivity index (χ3n) is 5.91. The Balaban J connectivity index is 1.28. The van der Waals surface area contributed by atoms with Crippen molar-refractivity contribution in [3.05, 3.63) is 47.2 Å². The van der Waals surface area contributed by atoms with Crippen LogP contribution in [0.25, 0.3) is 0 Å². The number of aliphatic hydroxyl groups excluding tert-OH is 1. The van der Waals surface area contributed by atoms with E-state index in [1.807, 2.05) is 0 Å². The molecule has 31 heavy (non-hydrogen) atoms. The smallest absolute Gasteiger partial charge is 0.410 e. The number of β-amino-alcohol motifs (C(OH)–C–C–N with tert-alkyl or cyclic N) is 1. The Bertz CT molecular complexity index is 962. The number of nitrogens with zero attached hydrogens (tertiary/aromatic N) is 2. The van der Waals surface area contributed by atoms with E-state index in [9.17, 15) is 23.5 Å². The van der Waals surface area contributed by atoms with Crippen LogP contribution in [0.5, 0.6) is 0 Å². The van der Waals surface area contributed by atoms with Crippen molar-refractivity contribution < 1.29 is 28.2 Å². The lowest BCUT2D eigenvalue weighted by Gasteiger charge is -2.42. The summed E-state index contributed by atoms with van der Waals surface area (Å²) in [7, 11) is 0. The lowest BCUT2D eigenvalue weighted by Crippen LogP contribution is -2.61. The standard InChI is InChI=1S/C21H24F2N4O4/c1-11-18(28)10-27(11)21(30)31-16-3-2-13(7-16)17-9-19(26-25-17)24-20(29)6-12-4-14(22)8-15(23)5-12/h4-5,8-9,11,13,16,18,28H,2-3,6-7,10H2,1H3,(H2,24,25,26,29)/t11-,13-,16+,18+/m0/s1. The number of likely N-dealkylation sites (tertiary alicyclic amines) is 1. The minimum Gasteiger partial charge on any atom is -0.446 e. The van der Waals surface area contributed by atoms with Gasteiger partial charge in [-0.1, -0.05) is 0 Å². The Morgan fingerprint density at radius 3 is 2.68 bits per heavy atom. The van der Waals surface area contributed by atoms with E-state index >= 15 is 0 Å². The third kappa shape index (κ3) is 4.84. The number of hydrogen-bond donors (Lipinski definition) is 3. The molecule has 1 aromatic heterocycles. The number of ether oxygens (including phenoxy) is 1. The van der Waals surface area contributed by atoms with Crippen LogP contribution in [0, 0.1) is 11.6 Å². The van der Waals surface area contributed by atoms with E-state index in [1.54, 1.807) is 13.0 Å². The van der Waals surface area contributed by atoms with E-state index in [2.05, 4.69) is 15.5 Å². The summed E-state index contributed by atoms with van der Waals surface area (Å²) in [6.07, 6.45) is 0.849. The number of H-pyrrole nitrogens is 1. The zero-order valence-electron chi connectivity index (χ0n) is 17.0. The van der Waals surface area contributed by atoms with Crippen LogP contribution in [0.1, 0.15) is 43.4 Å². The van der Waals surface area contributed by atoms with Crippen LogP contribution in [-0.2, 0) is 16.0 Å². The van der Waals surface area contributed by atoms with Gasteiger partial charge in [0.2, 0.25) is 5.91 Å². The maximum absolute atomic E-state index is 13.3. The molecule has 2 heterocycles. The Hall–Kier alpha value is -3.01. The van der Waals surface area contributed by atoms with Crippen LogP contribution in [0.3, 0.4) is 0 Å². The zero-order valence-corrected chi connectivity index (χ0v) is 17.0. The highest BCUT2D eigenvalue weighted by molar-refractivity contribution is 5.91. The minimum atomic E-state index is -0.735. The Morgan fingerprint density at radius 1 is 1.26 bits per heavy atom. The second-order valence-electron chi connectivity index (χ2n) is 8.19. The minimum absolute atomic E-state index is 0.104. The monoisotopic (exact) mass is 434 g/mol. The molecular formula is C21H24F2N4O4. The van der Waals surface area contributed by atoms with Crippen LogP contribution in [0.15, 0.2) is 24.3 Å². The summed E-state index contributed by atoms with van der Waals surface area (Å²) in [5.74, 6) is -1.48. The highest BCUT2D eigenvalue weighted by atomic mass is 19.1. The van der Waals surface area contributed by atoms with Gasteiger partial charge in [0.15, 0.2) is 5.82 Å². The maximum atomic E-state index is 13.3. The normalized spacial score (nSPS) is 25.2. The van der Waals surface area contributed by atoms with E-state index < -0.39 is 29.7 Å². The molecule has 2 amide bonds. The molecule has 2 fully saturated rings. The van der Waals surface area contributed by atoms with Gasteiger partial charge in [-0.3, -0.25) is 9.89 Å². The van der Waals surface area contributed by atoms with Gasteiger partial charge in [-0.25, -0.2) is 13.6 Å². The highest BCUT2D eigenvalue weighted by Gasteiger charge is 2.40. The van der Waals surface area contributed by atoms with Gasteiger partial charge in [0.05, 0.1) is 25.1 Å². The second kappa shape index (κ2) is 8.62. The average molecular weight is 434 g/mol.